The van der Waals surface area contributed by atoms with Gasteiger partial charge in [-0.1, -0.05) is 29.8 Å². The van der Waals surface area contributed by atoms with E-state index in [-0.39, 0.29) is 21.4 Å². The lowest BCUT2D eigenvalue weighted by molar-refractivity contribution is 0.101. The summed E-state index contributed by atoms with van der Waals surface area (Å²) in [7, 11) is -3.75. The number of furan rings is 1. The number of nitrogens with one attached hydrogen (secondary N) is 1. The molecule has 0 saturated heterocycles. The third-order valence-electron chi connectivity index (χ3n) is 3.58. The van der Waals surface area contributed by atoms with Crippen LogP contribution in [-0.4, -0.2) is 14.2 Å². The molecule has 5 nitrogen and oxygen atoms in total. The quantitative estimate of drug-likeness (QED) is 0.697. The van der Waals surface area contributed by atoms with E-state index >= 15 is 0 Å². The summed E-state index contributed by atoms with van der Waals surface area (Å²) in [6.07, 6.45) is 0. The summed E-state index contributed by atoms with van der Waals surface area (Å²) in [5.41, 5.74) is 1.02. The zero-order valence-electron chi connectivity index (χ0n) is 13.0. The van der Waals surface area contributed by atoms with Crippen molar-refractivity contribution in [3.05, 3.63) is 58.8 Å². The number of rotatable bonds is 4. The third kappa shape index (κ3) is 2.90. The molecule has 0 unspecified atom stereocenters. The molecule has 0 saturated carbocycles. The number of benzene rings is 2. The molecule has 0 fully saturated rings. The second-order valence-electron chi connectivity index (χ2n) is 5.34. The van der Waals surface area contributed by atoms with Crippen LogP contribution < -0.4 is 4.72 Å². The second kappa shape index (κ2) is 5.96. The van der Waals surface area contributed by atoms with Gasteiger partial charge >= 0.3 is 0 Å². The lowest BCUT2D eigenvalue weighted by atomic mass is 10.1. The number of aryl methyl sites for hydroxylation is 1. The van der Waals surface area contributed by atoms with E-state index < -0.39 is 10.0 Å². The highest BCUT2D eigenvalue weighted by molar-refractivity contribution is 7.92. The van der Waals surface area contributed by atoms with Crippen LogP contribution in [0.3, 0.4) is 0 Å². The molecular formula is C17H14ClNO4S. The molecule has 7 heteroatoms. The van der Waals surface area contributed by atoms with E-state index in [0.717, 1.165) is 0 Å². The Labute approximate surface area is 144 Å². The van der Waals surface area contributed by atoms with Crippen LogP contribution in [0.2, 0.25) is 5.02 Å². The zero-order valence-corrected chi connectivity index (χ0v) is 14.5. The van der Waals surface area contributed by atoms with Crippen LogP contribution in [0.15, 0.2) is 51.8 Å². The molecule has 1 heterocycles. The van der Waals surface area contributed by atoms with Crippen molar-refractivity contribution in [3.8, 4) is 0 Å². The van der Waals surface area contributed by atoms with Gasteiger partial charge in [0.2, 0.25) is 0 Å². The van der Waals surface area contributed by atoms with Crippen LogP contribution >= 0.6 is 11.6 Å². The summed E-state index contributed by atoms with van der Waals surface area (Å²) < 4.78 is 32.9. The molecule has 1 aromatic heterocycles. The van der Waals surface area contributed by atoms with Crippen LogP contribution in [0.5, 0.6) is 0 Å². The van der Waals surface area contributed by atoms with Gasteiger partial charge < -0.3 is 4.42 Å². The fourth-order valence-electron chi connectivity index (χ4n) is 2.59. The first-order chi connectivity index (χ1) is 11.3. The predicted octanol–water partition coefficient (Wildman–Crippen LogP) is 4.40. The molecule has 0 atom stereocenters. The van der Waals surface area contributed by atoms with Crippen LogP contribution in [0, 0.1) is 6.92 Å². The maximum atomic E-state index is 12.4. The number of anilines is 1. The first-order valence-corrected chi connectivity index (χ1v) is 8.97. The second-order valence-corrected chi connectivity index (χ2v) is 7.43. The number of sulfonamides is 1. The smallest absolute Gasteiger partial charge is 0.261 e. The van der Waals surface area contributed by atoms with Gasteiger partial charge in [-0.2, -0.15) is 0 Å². The number of halogens is 1. The molecule has 0 radical (unpaired) electrons. The van der Waals surface area contributed by atoms with Gasteiger partial charge in [0.25, 0.3) is 10.0 Å². The van der Waals surface area contributed by atoms with Gasteiger partial charge in [-0.05, 0) is 38.1 Å². The minimum atomic E-state index is -3.75. The minimum absolute atomic E-state index is 0.136. The van der Waals surface area contributed by atoms with E-state index in [4.69, 9.17) is 16.0 Å². The zero-order chi connectivity index (χ0) is 17.5. The fraction of sp³-hybridized carbons (Fsp3) is 0.118. The number of Topliss-reactive ketones (excluding diaryl/α,β-unsaturated/α-hetero) is 1. The number of fused-ring (bicyclic) bond motifs is 1. The lowest BCUT2D eigenvalue weighted by Crippen LogP contribution is -2.12. The molecule has 0 amide bonds. The first kappa shape index (κ1) is 16.5. The summed E-state index contributed by atoms with van der Waals surface area (Å²) in [5.74, 6) is 0.271. The summed E-state index contributed by atoms with van der Waals surface area (Å²) in [6.45, 7) is 3.09. The highest BCUT2D eigenvalue weighted by Gasteiger charge is 2.20. The van der Waals surface area contributed by atoms with Crippen LogP contribution in [0.1, 0.15) is 23.0 Å². The van der Waals surface area contributed by atoms with Crippen molar-refractivity contribution in [2.75, 3.05) is 4.72 Å². The van der Waals surface area contributed by atoms with E-state index in [9.17, 15) is 13.2 Å². The number of ketones is 1. The van der Waals surface area contributed by atoms with Crippen LogP contribution in [0.25, 0.3) is 11.0 Å². The average molecular weight is 364 g/mol. The van der Waals surface area contributed by atoms with Gasteiger partial charge in [0.1, 0.15) is 5.76 Å². The van der Waals surface area contributed by atoms with E-state index in [1.165, 1.54) is 25.1 Å². The van der Waals surface area contributed by atoms with Gasteiger partial charge in [0.05, 0.1) is 21.2 Å². The van der Waals surface area contributed by atoms with Crippen molar-refractivity contribution in [2.45, 2.75) is 18.7 Å². The minimum Gasteiger partial charge on any atom is -0.459 e. The molecule has 0 aliphatic rings. The van der Waals surface area contributed by atoms with E-state index in [1.807, 2.05) is 0 Å². The van der Waals surface area contributed by atoms with E-state index in [0.29, 0.717) is 22.3 Å². The van der Waals surface area contributed by atoms with Gasteiger partial charge in [-0.3, -0.25) is 9.52 Å². The van der Waals surface area contributed by atoms with Crippen molar-refractivity contribution >= 4 is 44.1 Å². The van der Waals surface area contributed by atoms with Gasteiger partial charge in [-0.25, -0.2) is 8.42 Å². The molecule has 1 N–H and O–H groups in total. The normalized spacial score (nSPS) is 11.6. The van der Waals surface area contributed by atoms with Crippen LogP contribution in [0.4, 0.5) is 5.69 Å². The molecule has 3 rings (SSSR count). The van der Waals surface area contributed by atoms with Crippen molar-refractivity contribution < 1.29 is 17.6 Å². The first-order valence-electron chi connectivity index (χ1n) is 7.11. The van der Waals surface area contributed by atoms with Gasteiger partial charge in [0.15, 0.2) is 11.4 Å². The molecule has 0 spiro atoms. The van der Waals surface area contributed by atoms with E-state index in [2.05, 4.69) is 4.72 Å². The molecule has 124 valence electrons. The highest BCUT2D eigenvalue weighted by Crippen LogP contribution is 2.35. The topological polar surface area (TPSA) is 76.4 Å². The third-order valence-corrected chi connectivity index (χ3v) is 5.26. The number of carbonyl (C=O) groups excluding carboxylic acids is 1. The Morgan fingerprint density at radius 3 is 2.46 bits per heavy atom. The number of hydrogen-bond donors (Lipinski definition) is 1. The number of hydrogen-bond acceptors (Lipinski definition) is 4. The molecule has 24 heavy (non-hydrogen) atoms. The SMILES string of the molecule is CC(=O)c1c(C)oc2c(Cl)cc(NS(=O)(=O)c3ccccc3)cc12. The molecule has 2 aromatic carbocycles. The van der Waals surface area contributed by atoms with Crippen molar-refractivity contribution in [2.24, 2.45) is 0 Å². The summed E-state index contributed by atoms with van der Waals surface area (Å²) in [5, 5.41) is 0.715. The Kier molecular flexibility index (Phi) is 4.11. The lowest BCUT2D eigenvalue weighted by Gasteiger charge is -2.09. The summed E-state index contributed by atoms with van der Waals surface area (Å²) in [6, 6.07) is 11.0. The molecule has 0 aliphatic carbocycles. The van der Waals surface area contributed by atoms with Crippen molar-refractivity contribution in [1.82, 2.24) is 0 Å². The average Bonchev–Trinajstić information content (AvgIpc) is 2.84. The Hall–Kier alpha value is -2.31. The van der Waals surface area contributed by atoms with Gasteiger partial charge in [0, 0.05) is 5.39 Å². The van der Waals surface area contributed by atoms with E-state index in [1.54, 1.807) is 31.2 Å². The van der Waals surface area contributed by atoms with Crippen LogP contribution in [-0.2, 0) is 10.0 Å². The molecular weight excluding hydrogens is 350 g/mol. The Morgan fingerprint density at radius 1 is 1.17 bits per heavy atom. The Balaban J connectivity index is 2.11. The standard InChI is InChI=1S/C17H14ClNO4S/c1-10(20)16-11(2)23-17-14(16)8-12(9-15(17)18)19-24(21,22)13-6-4-3-5-7-13/h3-9,19H,1-2H3. The van der Waals surface area contributed by atoms with Crippen molar-refractivity contribution in [1.29, 1.82) is 0 Å². The molecule has 0 bridgehead atoms. The highest BCUT2D eigenvalue weighted by atomic mass is 35.5. The van der Waals surface area contributed by atoms with Crippen molar-refractivity contribution in [3.63, 3.8) is 0 Å². The summed E-state index contributed by atoms with van der Waals surface area (Å²) >= 11 is 6.19. The molecule has 3 aromatic rings. The monoisotopic (exact) mass is 363 g/mol. The fourth-order valence-corrected chi connectivity index (χ4v) is 3.91. The number of carbonyl (C=O) groups is 1. The van der Waals surface area contributed by atoms with Gasteiger partial charge in [-0.15, -0.1) is 0 Å². The Morgan fingerprint density at radius 2 is 1.83 bits per heavy atom. The summed E-state index contributed by atoms with van der Waals surface area (Å²) in [4.78, 5) is 12.0. The maximum Gasteiger partial charge on any atom is 0.261 e. The predicted molar refractivity (Wildman–Crippen MR) is 93.2 cm³/mol. The Bertz CT molecular complexity index is 1040. The largest absolute Gasteiger partial charge is 0.459 e. The molecule has 0 aliphatic heterocycles. The maximum absolute atomic E-state index is 12.4.